The number of nitrogens with one attached hydrogen (secondary N) is 1. The van der Waals surface area contributed by atoms with E-state index in [1.54, 1.807) is 16.8 Å². The smallest absolute Gasteiger partial charge is 0.284 e. The molecule has 8 nitrogen and oxygen atoms in total. The largest absolute Gasteiger partial charge is 0.411 e. The van der Waals surface area contributed by atoms with Crippen LogP contribution in [0.4, 0.5) is 0 Å². The van der Waals surface area contributed by atoms with Crippen molar-refractivity contribution in [3.8, 4) is 17.1 Å². The monoisotopic (exact) mass is 422 g/mol. The lowest BCUT2D eigenvalue weighted by atomic mass is 10.2. The lowest BCUT2D eigenvalue weighted by Gasteiger charge is -2.03. The molecule has 0 spiro atoms. The molecule has 1 N–H and O–H groups in total. The van der Waals surface area contributed by atoms with E-state index in [0.717, 1.165) is 17.4 Å². The zero-order chi connectivity index (χ0) is 19.8. The molecule has 29 heavy (non-hydrogen) atoms. The van der Waals surface area contributed by atoms with Crippen LogP contribution >= 0.6 is 23.4 Å². The molecule has 0 aliphatic carbocycles. The molecule has 5 rings (SSSR count). The second kappa shape index (κ2) is 7.19. The minimum absolute atomic E-state index is 0.230. The van der Waals surface area contributed by atoms with Crippen molar-refractivity contribution >= 4 is 34.4 Å². The highest BCUT2D eigenvalue weighted by Crippen LogP contribution is 2.30. The summed E-state index contributed by atoms with van der Waals surface area (Å²) in [5.41, 5.74) is 1.57. The fourth-order valence-corrected chi connectivity index (χ4v) is 3.64. The normalized spacial score (nSPS) is 11.2. The quantitative estimate of drug-likeness (QED) is 0.437. The van der Waals surface area contributed by atoms with Crippen LogP contribution in [0.3, 0.4) is 0 Å². The van der Waals surface area contributed by atoms with Crippen LogP contribution < -0.4 is 5.56 Å². The first-order valence-corrected chi connectivity index (χ1v) is 9.68. The Bertz CT molecular complexity index is 1380. The summed E-state index contributed by atoms with van der Waals surface area (Å²) < 4.78 is 7.28. The third-order valence-electron chi connectivity index (χ3n) is 4.11. The van der Waals surface area contributed by atoms with Crippen molar-refractivity contribution in [3.63, 3.8) is 0 Å². The number of aromatic nitrogens is 6. The molecular formula is C19H11ClN6O2S. The third kappa shape index (κ3) is 3.30. The van der Waals surface area contributed by atoms with Gasteiger partial charge in [-0.2, -0.15) is 5.10 Å². The van der Waals surface area contributed by atoms with Crippen LogP contribution in [-0.2, 0) is 0 Å². The topological polar surface area (TPSA) is 102 Å². The summed E-state index contributed by atoms with van der Waals surface area (Å²) in [6.45, 7) is 0. The molecular weight excluding hydrogens is 412 g/mol. The Labute approximate surface area is 172 Å². The molecule has 0 unspecified atom stereocenters. The molecule has 0 amide bonds. The van der Waals surface area contributed by atoms with Crippen molar-refractivity contribution in [2.24, 2.45) is 0 Å². The van der Waals surface area contributed by atoms with Gasteiger partial charge in [-0.3, -0.25) is 4.79 Å². The van der Waals surface area contributed by atoms with Gasteiger partial charge in [0.25, 0.3) is 10.8 Å². The number of H-pyrrole nitrogens is 1. The first-order valence-electron chi connectivity index (χ1n) is 8.49. The van der Waals surface area contributed by atoms with Gasteiger partial charge in [-0.1, -0.05) is 41.9 Å². The van der Waals surface area contributed by atoms with Crippen molar-refractivity contribution in [3.05, 3.63) is 76.2 Å². The maximum Gasteiger partial charge on any atom is 0.284 e. The number of fused-ring (bicyclic) bond motifs is 1. The lowest BCUT2D eigenvalue weighted by molar-refractivity contribution is 0.465. The zero-order valence-electron chi connectivity index (χ0n) is 14.6. The maximum absolute atomic E-state index is 12.5. The predicted octanol–water partition coefficient (Wildman–Crippen LogP) is 3.96. The standard InChI is InChI=1S/C19H11ClN6O2S/c20-14-9-5-4-8-12(14)17-24-25-19(28-17)29-18-22-15-13(16(27)23-18)10-21-26(15)11-6-2-1-3-7-11/h1-10H,(H,22,23,27). The molecule has 0 atom stereocenters. The number of nitrogens with zero attached hydrogens (tertiary/aromatic N) is 5. The lowest BCUT2D eigenvalue weighted by Crippen LogP contribution is -2.09. The van der Waals surface area contributed by atoms with E-state index < -0.39 is 0 Å². The van der Waals surface area contributed by atoms with Gasteiger partial charge < -0.3 is 9.40 Å². The number of para-hydroxylation sites is 1. The summed E-state index contributed by atoms with van der Waals surface area (Å²) in [5, 5.41) is 13.8. The molecule has 3 aromatic heterocycles. The molecule has 0 fully saturated rings. The summed E-state index contributed by atoms with van der Waals surface area (Å²) in [6.07, 6.45) is 1.49. The van der Waals surface area contributed by atoms with Crippen LogP contribution in [0.1, 0.15) is 0 Å². The molecule has 0 aliphatic rings. The average molecular weight is 423 g/mol. The number of hydrogen-bond donors (Lipinski definition) is 1. The predicted molar refractivity (Wildman–Crippen MR) is 108 cm³/mol. The highest BCUT2D eigenvalue weighted by atomic mass is 35.5. The first kappa shape index (κ1) is 17.7. The van der Waals surface area contributed by atoms with Gasteiger partial charge in [0.05, 0.1) is 22.5 Å². The summed E-state index contributed by atoms with van der Waals surface area (Å²) in [5.74, 6) is 0.288. The van der Waals surface area contributed by atoms with Crippen LogP contribution in [0.15, 0.2) is 80.4 Å². The Morgan fingerprint density at radius 1 is 1.03 bits per heavy atom. The molecule has 0 saturated carbocycles. The fraction of sp³-hybridized carbons (Fsp3) is 0. The van der Waals surface area contributed by atoms with Gasteiger partial charge in [-0.15, -0.1) is 10.2 Å². The Balaban J connectivity index is 1.52. The van der Waals surface area contributed by atoms with Gasteiger partial charge >= 0.3 is 0 Å². The summed E-state index contributed by atoms with van der Waals surface area (Å²) >= 11 is 7.23. The Kier molecular flexibility index (Phi) is 4.38. The van der Waals surface area contributed by atoms with Crippen LogP contribution in [-0.4, -0.2) is 29.9 Å². The van der Waals surface area contributed by atoms with Crippen LogP contribution in [0.5, 0.6) is 0 Å². The number of rotatable bonds is 4. The number of halogens is 1. The molecule has 142 valence electrons. The molecule has 3 heterocycles. The maximum atomic E-state index is 12.5. The molecule has 0 aliphatic heterocycles. The van der Waals surface area contributed by atoms with Gasteiger partial charge in [0.1, 0.15) is 5.39 Å². The SMILES string of the molecule is O=c1[nH]c(Sc2nnc(-c3ccccc3Cl)o2)nc2c1cnn2-c1ccccc1. The van der Waals surface area contributed by atoms with Gasteiger partial charge in [-0.05, 0) is 24.3 Å². The van der Waals surface area contributed by atoms with Gasteiger partial charge in [0, 0.05) is 11.8 Å². The summed E-state index contributed by atoms with van der Waals surface area (Å²) in [4.78, 5) is 19.7. The number of benzene rings is 2. The minimum Gasteiger partial charge on any atom is -0.411 e. The highest BCUT2D eigenvalue weighted by Gasteiger charge is 2.16. The van der Waals surface area contributed by atoms with Crippen molar-refractivity contribution in [1.82, 2.24) is 29.9 Å². The van der Waals surface area contributed by atoms with E-state index in [0.29, 0.717) is 26.8 Å². The minimum atomic E-state index is -0.300. The van der Waals surface area contributed by atoms with Crippen molar-refractivity contribution in [2.45, 2.75) is 10.4 Å². The average Bonchev–Trinajstić information content (AvgIpc) is 3.36. The summed E-state index contributed by atoms with van der Waals surface area (Å²) in [6, 6.07) is 16.6. The molecule has 5 aromatic rings. The van der Waals surface area contributed by atoms with Crippen molar-refractivity contribution in [2.75, 3.05) is 0 Å². The van der Waals surface area contributed by atoms with Crippen LogP contribution in [0, 0.1) is 0 Å². The van der Waals surface area contributed by atoms with Crippen molar-refractivity contribution < 1.29 is 4.42 Å². The fourth-order valence-electron chi connectivity index (χ4n) is 2.78. The van der Waals surface area contributed by atoms with E-state index >= 15 is 0 Å². The van der Waals surface area contributed by atoms with Gasteiger partial charge in [0.15, 0.2) is 10.8 Å². The second-order valence-corrected chi connectivity index (χ2v) is 7.30. The van der Waals surface area contributed by atoms with Crippen LogP contribution in [0.25, 0.3) is 28.2 Å². The van der Waals surface area contributed by atoms with Crippen LogP contribution in [0.2, 0.25) is 5.02 Å². The Morgan fingerprint density at radius 3 is 2.66 bits per heavy atom. The summed E-state index contributed by atoms with van der Waals surface area (Å²) in [7, 11) is 0. The van der Waals surface area contributed by atoms with Crippen molar-refractivity contribution in [1.29, 1.82) is 0 Å². The van der Waals surface area contributed by atoms with Gasteiger partial charge in [0.2, 0.25) is 5.89 Å². The first-order chi connectivity index (χ1) is 14.2. The van der Waals surface area contributed by atoms with E-state index in [2.05, 4.69) is 25.3 Å². The van der Waals surface area contributed by atoms with Gasteiger partial charge in [-0.25, -0.2) is 9.67 Å². The third-order valence-corrected chi connectivity index (χ3v) is 5.17. The molecule has 2 aromatic carbocycles. The van der Waals surface area contributed by atoms with E-state index in [9.17, 15) is 4.79 Å². The van der Waals surface area contributed by atoms with E-state index in [1.807, 2.05) is 42.5 Å². The Morgan fingerprint density at radius 2 is 1.83 bits per heavy atom. The second-order valence-electron chi connectivity index (χ2n) is 5.96. The number of aromatic amines is 1. The zero-order valence-corrected chi connectivity index (χ0v) is 16.2. The highest BCUT2D eigenvalue weighted by molar-refractivity contribution is 7.98. The number of hydrogen-bond acceptors (Lipinski definition) is 7. The Hall–Kier alpha value is -3.43. The molecule has 0 bridgehead atoms. The molecule has 0 saturated heterocycles. The van der Waals surface area contributed by atoms with E-state index in [4.69, 9.17) is 16.0 Å². The molecule has 0 radical (unpaired) electrons. The van der Waals surface area contributed by atoms with E-state index in [1.165, 1.54) is 6.20 Å². The molecule has 10 heteroatoms. The van der Waals surface area contributed by atoms with E-state index in [-0.39, 0.29) is 16.7 Å².